The first-order chi connectivity index (χ1) is 10.3. The van der Waals surface area contributed by atoms with Gasteiger partial charge in [-0.3, -0.25) is 0 Å². The van der Waals surface area contributed by atoms with E-state index in [1.54, 1.807) is 7.11 Å². The molecule has 7 nitrogen and oxygen atoms in total. The first-order valence-electron chi connectivity index (χ1n) is 7.04. The van der Waals surface area contributed by atoms with Crippen LogP contribution < -0.4 is 4.90 Å². The van der Waals surface area contributed by atoms with Gasteiger partial charge in [0.2, 0.25) is 5.28 Å². The number of rotatable bonds is 2. The van der Waals surface area contributed by atoms with Crippen LogP contribution in [0.4, 0.5) is 5.82 Å². The number of hydrogen-bond donors (Lipinski definition) is 0. The summed E-state index contributed by atoms with van der Waals surface area (Å²) in [7, 11) is 1.72. The summed E-state index contributed by atoms with van der Waals surface area (Å²) >= 11 is 6.11. The maximum absolute atomic E-state index is 6.11. The highest BCUT2D eigenvalue weighted by molar-refractivity contribution is 6.28. The Kier molecular flexibility index (Phi) is 3.20. The number of fused-ring (bicyclic) bond motifs is 3. The number of imidazole rings is 1. The molecule has 2 aromatic heterocycles. The monoisotopic (exact) mass is 309 g/mol. The average molecular weight is 310 g/mol. The van der Waals surface area contributed by atoms with Crippen LogP contribution in [0.15, 0.2) is 0 Å². The molecule has 1 fully saturated rings. The third-order valence-corrected chi connectivity index (χ3v) is 4.18. The largest absolute Gasteiger partial charge is 0.378 e. The zero-order valence-electron chi connectivity index (χ0n) is 11.8. The number of methoxy groups -OCH3 is 1. The predicted octanol–water partition coefficient (Wildman–Crippen LogP) is 1.23. The van der Waals surface area contributed by atoms with Gasteiger partial charge >= 0.3 is 0 Å². The zero-order chi connectivity index (χ0) is 14.4. The first kappa shape index (κ1) is 13.2. The summed E-state index contributed by atoms with van der Waals surface area (Å²) in [5.41, 5.74) is 1.60. The Bertz CT molecular complexity index is 683. The Morgan fingerprint density at radius 2 is 2.14 bits per heavy atom. The van der Waals surface area contributed by atoms with Crippen LogP contribution >= 0.6 is 11.6 Å². The molecule has 0 aliphatic carbocycles. The number of aryl methyl sites for hydroxylation is 1. The molecule has 0 N–H and O–H groups in total. The van der Waals surface area contributed by atoms with Gasteiger partial charge in [-0.2, -0.15) is 9.97 Å². The molecule has 21 heavy (non-hydrogen) atoms. The Labute approximate surface area is 126 Å². The lowest BCUT2D eigenvalue weighted by atomic mass is 10.1. The van der Waals surface area contributed by atoms with E-state index in [0.717, 1.165) is 55.5 Å². The van der Waals surface area contributed by atoms with Crippen LogP contribution in [0.5, 0.6) is 0 Å². The van der Waals surface area contributed by atoms with Gasteiger partial charge in [-0.1, -0.05) is 0 Å². The summed E-state index contributed by atoms with van der Waals surface area (Å²) in [6, 6.07) is 0. The smallest absolute Gasteiger partial charge is 0.226 e. The SMILES string of the molecule is COC1CN(c2nc(Cl)nc3c2nc2n3CCCOC2)C1. The molecule has 4 rings (SSSR count). The molecule has 0 atom stereocenters. The highest BCUT2D eigenvalue weighted by atomic mass is 35.5. The molecule has 8 heteroatoms. The van der Waals surface area contributed by atoms with Crippen LogP contribution in [0.2, 0.25) is 5.28 Å². The van der Waals surface area contributed by atoms with E-state index in [0.29, 0.717) is 6.61 Å². The lowest BCUT2D eigenvalue weighted by Crippen LogP contribution is -2.52. The molecule has 1 saturated heterocycles. The summed E-state index contributed by atoms with van der Waals surface area (Å²) < 4.78 is 13.0. The fourth-order valence-electron chi connectivity index (χ4n) is 2.82. The van der Waals surface area contributed by atoms with Gasteiger partial charge in [0.05, 0.1) is 6.10 Å². The molecule has 4 heterocycles. The van der Waals surface area contributed by atoms with Crippen LogP contribution in [0, 0.1) is 0 Å². The Morgan fingerprint density at radius 1 is 1.29 bits per heavy atom. The van der Waals surface area contributed by atoms with Gasteiger partial charge in [0, 0.05) is 33.4 Å². The Hall–Kier alpha value is -1.44. The maximum atomic E-state index is 6.11. The fourth-order valence-corrected chi connectivity index (χ4v) is 2.98. The number of nitrogens with zero attached hydrogens (tertiary/aromatic N) is 5. The second-order valence-electron chi connectivity index (χ2n) is 5.34. The van der Waals surface area contributed by atoms with Crippen LogP contribution in [-0.2, 0) is 22.6 Å². The van der Waals surface area contributed by atoms with Crippen molar-refractivity contribution < 1.29 is 9.47 Å². The highest BCUT2D eigenvalue weighted by Crippen LogP contribution is 2.30. The van der Waals surface area contributed by atoms with Crippen LogP contribution in [0.25, 0.3) is 11.2 Å². The third kappa shape index (κ3) is 2.16. The molecule has 0 aromatic carbocycles. The van der Waals surface area contributed by atoms with E-state index in [-0.39, 0.29) is 11.4 Å². The van der Waals surface area contributed by atoms with Crippen molar-refractivity contribution in [2.45, 2.75) is 25.7 Å². The minimum absolute atomic E-state index is 0.248. The van der Waals surface area contributed by atoms with Crippen molar-refractivity contribution in [3.63, 3.8) is 0 Å². The molecule has 2 aromatic rings. The van der Waals surface area contributed by atoms with Gasteiger partial charge in [-0.15, -0.1) is 0 Å². The van der Waals surface area contributed by atoms with E-state index in [4.69, 9.17) is 21.1 Å². The summed E-state index contributed by atoms with van der Waals surface area (Å²) in [5.74, 6) is 1.68. The number of anilines is 1. The normalized spacial score (nSPS) is 19.4. The lowest BCUT2D eigenvalue weighted by Gasteiger charge is -2.38. The van der Waals surface area contributed by atoms with Gasteiger partial charge in [0.1, 0.15) is 12.4 Å². The quantitative estimate of drug-likeness (QED) is 0.778. The Balaban J connectivity index is 1.80. The minimum Gasteiger partial charge on any atom is -0.378 e. The maximum Gasteiger partial charge on any atom is 0.226 e. The van der Waals surface area contributed by atoms with Crippen molar-refractivity contribution >= 4 is 28.6 Å². The van der Waals surface area contributed by atoms with Crippen LogP contribution in [0.1, 0.15) is 12.2 Å². The summed E-state index contributed by atoms with van der Waals surface area (Å²) in [5, 5.41) is 0.256. The van der Waals surface area contributed by atoms with Crippen molar-refractivity contribution in [1.82, 2.24) is 19.5 Å². The van der Waals surface area contributed by atoms with E-state index in [9.17, 15) is 0 Å². The van der Waals surface area contributed by atoms with Crippen molar-refractivity contribution in [2.75, 3.05) is 31.7 Å². The van der Waals surface area contributed by atoms with Crippen LogP contribution in [0.3, 0.4) is 0 Å². The molecule has 2 aliphatic rings. The third-order valence-electron chi connectivity index (χ3n) is 4.01. The summed E-state index contributed by atoms with van der Waals surface area (Å²) in [6.07, 6.45) is 1.20. The van der Waals surface area contributed by atoms with Crippen molar-refractivity contribution in [1.29, 1.82) is 0 Å². The van der Waals surface area contributed by atoms with Gasteiger partial charge in [-0.05, 0) is 18.0 Å². The minimum atomic E-state index is 0.248. The molecule has 2 aliphatic heterocycles. The van der Waals surface area contributed by atoms with E-state index < -0.39 is 0 Å². The molecule has 0 unspecified atom stereocenters. The topological polar surface area (TPSA) is 65.3 Å². The summed E-state index contributed by atoms with van der Waals surface area (Å²) in [6.45, 7) is 3.71. The van der Waals surface area contributed by atoms with E-state index >= 15 is 0 Å². The molecule has 0 saturated carbocycles. The molecular weight excluding hydrogens is 294 g/mol. The number of halogens is 1. The zero-order valence-corrected chi connectivity index (χ0v) is 12.5. The standard InChI is InChI=1S/C13H16ClN5O2/c1-20-8-5-18(6-8)11-10-12(17-13(14)16-11)19-3-2-4-21-7-9(19)15-10/h8H,2-7H2,1H3. The van der Waals surface area contributed by atoms with Gasteiger partial charge in [0.15, 0.2) is 17.0 Å². The first-order valence-corrected chi connectivity index (χ1v) is 7.42. The van der Waals surface area contributed by atoms with Gasteiger partial charge < -0.3 is 18.9 Å². The van der Waals surface area contributed by atoms with Crippen molar-refractivity contribution in [2.24, 2.45) is 0 Å². The molecule has 112 valence electrons. The second kappa shape index (κ2) is 5.08. The molecule has 0 amide bonds. The van der Waals surface area contributed by atoms with E-state index in [1.807, 2.05) is 0 Å². The van der Waals surface area contributed by atoms with E-state index in [1.165, 1.54) is 0 Å². The van der Waals surface area contributed by atoms with Crippen molar-refractivity contribution in [3.05, 3.63) is 11.1 Å². The predicted molar refractivity (Wildman–Crippen MR) is 77.6 cm³/mol. The van der Waals surface area contributed by atoms with Gasteiger partial charge in [0.25, 0.3) is 0 Å². The number of hydrogen-bond acceptors (Lipinski definition) is 6. The fraction of sp³-hybridized carbons (Fsp3) is 0.615. The molecule has 0 radical (unpaired) electrons. The molecule has 0 bridgehead atoms. The average Bonchev–Trinajstić information content (AvgIpc) is 2.62. The number of aromatic nitrogens is 4. The lowest BCUT2D eigenvalue weighted by molar-refractivity contribution is 0.0784. The molecule has 0 spiro atoms. The number of ether oxygens (including phenoxy) is 2. The van der Waals surface area contributed by atoms with Gasteiger partial charge in [-0.25, -0.2) is 4.98 Å². The van der Waals surface area contributed by atoms with E-state index in [2.05, 4.69) is 24.4 Å². The Morgan fingerprint density at radius 3 is 2.95 bits per heavy atom. The highest BCUT2D eigenvalue weighted by Gasteiger charge is 2.31. The van der Waals surface area contributed by atoms with Crippen LogP contribution in [-0.4, -0.2) is 52.4 Å². The summed E-state index contributed by atoms with van der Waals surface area (Å²) in [4.78, 5) is 15.5. The second-order valence-corrected chi connectivity index (χ2v) is 5.68. The van der Waals surface area contributed by atoms with Crippen molar-refractivity contribution in [3.8, 4) is 0 Å². The molecular formula is C13H16ClN5O2.